The van der Waals surface area contributed by atoms with E-state index in [4.69, 9.17) is 5.11 Å². The summed E-state index contributed by atoms with van der Waals surface area (Å²) in [6.45, 7) is 0. The standard InChI is InChI=1S/C11H9N3O2S3/c15-9(16)3-7-5-18-11(13-7)19-6-8-4-14-1-2-17-10(14)12-8/h1-2,4-5H,3,6H2,(H,15,16). The van der Waals surface area contributed by atoms with Crippen LogP contribution in [0.5, 0.6) is 0 Å². The van der Waals surface area contributed by atoms with Crippen molar-refractivity contribution < 1.29 is 9.90 Å². The van der Waals surface area contributed by atoms with Gasteiger partial charge < -0.3 is 5.11 Å². The van der Waals surface area contributed by atoms with Gasteiger partial charge in [-0.05, 0) is 0 Å². The normalized spacial score (nSPS) is 11.2. The first-order chi connectivity index (χ1) is 9.20. The second kappa shape index (κ2) is 5.32. The number of carboxylic acid groups (broad SMARTS) is 1. The molecule has 0 bridgehead atoms. The van der Waals surface area contributed by atoms with Crippen molar-refractivity contribution in [1.29, 1.82) is 0 Å². The van der Waals surface area contributed by atoms with E-state index in [-0.39, 0.29) is 6.42 Å². The quantitative estimate of drug-likeness (QED) is 0.734. The van der Waals surface area contributed by atoms with Gasteiger partial charge in [-0.2, -0.15) is 0 Å². The predicted molar refractivity (Wildman–Crippen MR) is 76.1 cm³/mol. The molecule has 3 rings (SSSR count). The summed E-state index contributed by atoms with van der Waals surface area (Å²) < 4.78 is 2.88. The molecule has 98 valence electrons. The smallest absolute Gasteiger partial charge is 0.309 e. The van der Waals surface area contributed by atoms with Gasteiger partial charge >= 0.3 is 5.97 Å². The van der Waals surface area contributed by atoms with Crippen LogP contribution in [-0.4, -0.2) is 25.4 Å². The fourth-order valence-electron chi connectivity index (χ4n) is 1.57. The minimum Gasteiger partial charge on any atom is -0.481 e. The lowest BCUT2D eigenvalue weighted by molar-refractivity contribution is -0.136. The van der Waals surface area contributed by atoms with Crippen molar-refractivity contribution >= 4 is 45.4 Å². The van der Waals surface area contributed by atoms with E-state index < -0.39 is 5.97 Å². The van der Waals surface area contributed by atoms with Gasteiger partial charge in [0.1, 0.15) is 0 Å². The molecule has 0 aromatic carbocycles. The molecular formula is C11H9N3O2S3. The number of aromatic nitrogens is 3. The van der Waals surface area contributed by atoms with Crippen LogP contribution >= 0.6 is 34.4 Å². The topological polar surface area (TPSA) is 67.5 Å². The van der Waals surface area contributed by atoms with Gasteiger partial charge in [0.05, 0.1) is 17.8 Å². The number of hydrogen-bond acceptors (Lipinski definition) is 6. The Morgan fingerprint density at radius 2 is 2.26 bits per heavy atom. The fraction of sp³-hybridized carbons (Fsp3) is 0.182. The number of thioether (sulfide) groups is 1. The van der Waals surface area contributed by atoms with Crippen LogP contribution in [0.25, 0.3) is 4.96 Å². The summed E-state index contributed by atoms with van der Waals surface area (Å²) in [5.74, 6) is -0.106. The van der Waals surface area contributed by atoms with Crippen molar-refractivity contribution in [3.63, 3.8) is 0 Å². The molecule has 8 heteroatoms. The fourth-order valence-corrected chi connectivity index (χ4v) is 4.02. The Kier molecular flexibility index (Phi) is 3.54. The molecule has 19 heavy (non-hydrogen) atoms. The molecule has 3 aromatic rings. The van der Waals surface area contributed by atoms with Crippen LogP contribution in [0.3, 0.4) is 0 Å². The highest BCUT2D eigenvalue weighted by Gasteiger charge is 2.08. The van der Waals surface area contributed by atoms with Crippen LogP contribution in [-0.2, 0) is 17.0 Å². The molecule has 0 fully saturated rings. The average Bonchev–Trinajstić information content (AvgIpc) is 2.99. The number of hydrogen-bond donors (Lipinski definition) is 1. The van der Waals surface area contributed by atoms with Gasteiger partial charge in [-0.15, -0.1) is 22.7 Å². The molecular weight excluding hydrogens is 302 g/mol. The summed E-state index contributed by atoms with van der Waals surface area (Å²) in [7, 11) is 0. The number of rotatable bonds is 5. The number of carbonyl (C=O) groups is 1. The van der Waals surface area contributed by atoms with E-state index in [1.165, 1.54) is 11.3 Å². The first kappa shape index (κ1) is 12.6. The Morgan fingerprint density at radius 3 is 3.05 bits per heavy atom. The van der Waals surface area contributed by atoms with Crippen LogP contribution in [0.1, 0.15) is 11.4 Å². The SMILES string of the molecule is O=C(O)Cc1csc(SCc2cn3ccsc3n2)n1. The van der Waals surface area contributed by atoms with Crippen molar-refractivity contribution in [3.8, 4) is 0 Å². The molecule has 0 spiro atoms. The van der Waals surface area contributed by atoms with Crippen molar-refractivity contribution in [2.45, 2.75) is 16.5 Å². The van der Waals surface area contributed by atoms with E-state index in [9.17, 15) is 4.79 Å². The number of thiazole rings is 2. The Hall–Kier alpha value is -1.38. The zero-order chi connectivity index (χ0) is 13.2. The van der Waals surface area contributed by atoms with Crippen LogP contribution in [0.4, 0.5) is 0 Å². The monoisotopic (exact) mass is 311 g/mol. The van der Waals surface area contributed by atoms with E-state index in [1.807, 2.05) is 22.2 Å². The predicted octanol–water partition coefficient (Wildman–Crippen LogP) is 2.77. The first-order valence-corrected chi connectivity index (χ1v) is 8.15. The van der Waals surface area contributed by atoms with Crippen LogP contribution in [0.2, 0.25) is 0 Å². The van der Waals surface area contributed by atoms with Crippen LogP contribution in [0.15, 0.2) is 27.5 Å². The van der Waals surface area contributed by atoms with Gasteiger partial charge in [-0.1, -0.05) is 11.8 Å². The maximum absolute atomic E-state index is 10.6. The first-order valence-electron chi connectivity index (χ1n) is 5.41. The van der Waals surface area contributed by atoms with E-state index in [0.29, 0.717) is 5.69 Å². The second-order valence-electron chi connectivity index (χ2n) is 3.79. The summed E-state index contributed by atoms with van der Waals surface area (Å²) in [4.78, 5) is 20.3. The third kappa shape index (κ3) is 2.96. The zero-order valence-electron chi connectivity index (χ0n) is 9.65. The van der Waals surface area contributed by atoms with Crippen LogP contribution < -0.4 is 0 Å². The maximum atomic E-state index is 10.6. The summed E-state index contributed by atoms with van der Waals surface area (Å²) in [5.41, 5.74) is 1.62. The third-order valence-corrected chi connectivity index (χ3v) is 5.22. The molecule has 0 aliphatic heterocycles. The molecule has 0 aliphatic carbocycles. The lowest BCUT2D eigenvalue weighted by atomic mass is 10.3. The van der Waals surface area contributed by atoms with Crippen molar-refractivity contribution in [3.05, 3.63) is 34.5 Å². The van der Waals surface area contributed by atoms with Gasteiger partial charge in [0.2, 0.25) is 0 Å². The largest absolute Gasteiger partial charge is 0.481 e. The minimum absolute atomic E-state index is 0.0166. The summed E-state index contributed by atoms with van der Waals surface area (Å²) in [5, 5.41) is 12.5. The van der Waals surface area contributed by atoms with E-state index in [2.05, 4.69) is 9.97 Å². The number of aliphatic carboxylic acids is 1. The van der Waals surface area contributed by atoms with Crippen LogP contribution in [0, 0.1) is 0 Å². The highest BCUT2D eigenvalue weighted by molar-refractivity contribution is 8.00. The Balaban J connectivity index is 1.64. The highest BCUT2D eigenvalue weighted by Crippen LogP contribution is 2.26. The molecule has 3 heterocycles. The number of nitrogens with zero attached hydrogens (tertiary/aromatic N) is 3. The molecule has 0 aliphatic rings. The molecule has 0 radical (unpaired) electrons. The molecule has 0 saturated heterocycles. The molecule has 1 N–H and O–H groups in total. The second-order valence-corrected chi connectivity index (χ2v) is 6.74. The number of fused-ring (bicyclic) bond motifs is 1. The van der Waals surface area contributed by atoms with Gasteiger partial charge in [-0.3, -0.25) is 9.20 Å². The Labute approximate surface area is 121 Å². The van der Waals surface area contributed by atoms with Gasteiger partial charge in [0.15, 0.2) is 9.30 Å². The lowest BCUT2D eigenvalue weighted by Gasteiger charge is -1.92. The third-order valence-electron chi connectivity index (χ3n) is 2.35. The van der Waals surface area contributed by atoms with Gasteiger partial charge in [0.25, 0.3) is 0 Å². The van der Waals surface area contributed by atoms with Gasteiger partial charge in [-0.25, -0.2) is 9.97 Å². The Bertz CT molecular complexity index is 687. The summed E-state index contributed by atoms with van der Waals surface area (Å²) >= 11 is 4.66. The van der Waals surface area contributed by atoms with Crippen molar-refractivity contribution in [1.82, 2.24) is 14.4 Å². The van der Waals surface area contributed by atoms with Crippen molar-refractivity contribution in [2.75, 3.05) is 0 Å². The van der Waals surface area contributed by atoms with E-state index in [0.717, 1.165) is 20.7 Å². The van der Waals surface area contributed by atoms with Gasteiger partial charge in [0, 0.05) is 28.9 Å². The maximum Gasteiger partial charge on any atom is 0.309 e. The number of imidazole rings is 1. The zero-order valence-corrected chi connectivity index (χ0v) is 12.1. The molecule has 3 aromatic heterocycles. The van der Waals surface area contributed by atoms with E-state index in [1.54, 1.807) is 28.5 Å². The summed E-state index contributed by atoms with van der Waals surface area (Å²) in [6.07, 6.45) is 3.97. The van der Waals surface area contributed by atoms with Crippen molar-refractivity contribution in [2.24, 2.45) is 0 Å². The van der Waals surface area contributed by atoms with E-state index >= 15 is 0 Å². The molecule has 5 nitrogen and oxygen atoms in total. The summed E-state index contributed by atoms with van der Waals surface area (Å²) in [6, 6.07) is 0. The minimum atomic E-state index is -0.851. The number of carboxylic acids is 1. The lowest BCUT2D eigenvalue weighted by Crippen LogP contribution is -1.99. The molecule has 0 saturated carbocycles. The molecule has 0 unspecified atom stereocenters. The average molecular weight is 311 g/mol. The Morgan fingerprint density at radius 1 is 1.37 bits per heavy atom. The molecule has 0 amide bonds. The molecule has 0 atom stereocenters. The highest BCUT2D eigenvalue weighted by atomic mass is 32.2.